The van der Waals surface area contributed by atoms with Crippen LogP contribution in [0.1, 0.15) is 54.2 Å². The molecule has 0 saturated heterocycles. The summed E-state index contributed by atoms with van der Waals surface area (Å²) in [6.07, 6.45) is 3.11. The van der Waals surface area contributed by atoms with Gasteiger partial charge in [0.15, 0.2) is 0 Å². The first-order valence-electron chi connectivity index (χ1n) is 9.40. The minimum absolute atomic E-state index is 0.0988. The molecule has 1 aromatic rings. The molecule has 0 aliphatic carbocycles. The van der Waals surface area contributed by atoms with E-state index < -0.39 is 13.6 Å². The second-order valence-corrected chi connectivity index (χ2v) is 8.78. The van der Waals surface area contributed by atoms with Gasteiger partial charge in [0.25, 0.3) is 0 Å². The Bertz CT molecular complexity index is 804. The number of phenols is 1. The van der Waals surface area contributed by atoms with Gasteiger partial charge in [-0.2, -0.15) is 0 Å². The van der Waals surface area contributed by atoms with E-state index in [1.807, 2.05) is 19.9 Å². The summed E-state index contributed by atoms with van der Waals surface area (Å²) < 4.78 is 33.7. The molecule has 0 saturated carbocycles. The summed E-state index contributed by atoms with van der Waals surface area (Å²) in [7, 11) is -1.56. The highest BCUT2D eigenvalue weighted by molar-refractivity contribution is 7.53. The van der Waals surface area contributed by atoms with Crippen LogP contribution in [0.4, 0.5) is 0 Å². The lowest BCUT2D eigenvalue weighted by Gasteiger charge is -2.17. The van der Waals surface area contributed by atoms with E-state index in [2.05, 4.69) is 0 Å². The van der Waals surface area contributed by atoms with Gasteiger partial charge in [-0.05, 0) is 46.1 Å². The van der Waals surface area contributed by atoms with Gasteiger partial charge in [0.1, 0.15) is 23.7 Å². The molecule has 0 bridgehead atoms. The van der Waals surface area contributed by atoms with Gasteiger partial charge in [-0.3, -0.25) is 4.57 Å². The van der Waals surface area contributed by atoms with Crippen LogP contribution in [0.25, 0.3) is 0 Å². The van der Waals surface area contributed by atoms with Crippen LogP contribution < -0.4 is 4.74 Å². The van der Waals surface area contributed by atoms with Crippen molar-refractivity contribution in [2.75, 3.05) is 26.5 Å². The predicted molar refractivity (Wildman–Crippen MR) is 106 cm³/mol. The molecule has 0 fully saturated rings. The summed E-state index contributed by atoms with van der Waals surface area (Å²) in [6, 6.07) is 0. The second kappa shape index (κ2) is 9.59. The Kier molecular flexibility index (Phi) is 7.70. The highest BCUT2D eigenvalue weighted by Crippen LogP contribution is 2.49. The topological polar surface area (TPSA) is 91.3 Å². The SMILES string of the molecule is CCOP(=O)(CCC(C)=CCc1c(O)c2c(c(C)c1OC)COC2=O)OCC. The molecule has 7 nitrogen and oxygen atoms in total. The zero-order chi connectivity index (χ0) is 20.9. The lowest BCUT2D eigenvalue weighted by atomic mass is 9.95. The van der Waals surface area contributed by atoms with Crippen LogP contribution in [-0.4, -0.2) is 37.6 Å². The number of methoxy groups -OCH3 is 1. The zero-order valence-corrected chi connectivity index (χ0v) is 18.1. The first-order chi connectivity index (χ1) is 13.3. The van der Waals surface area contributed by atoms with E-state index >= 15 is 0 Å². The number of rotatable bonds is 10. The Morgan fingerprint density at radius 2 is 1.93 bits per heavy atom. The first kappa shape index (κ1) is 22.5. The van der Waals surface area contributed by atoms with E-state index in [1.54, 1.807) is 13.8 Å². The lowest BCUT2D eigenvalue weighted by Crippen LogP contribution is -2.03. The summed E-state index contributed by atoms with van der Waals surface area (Å²) in [5.41, 5.74) is 3.19. The van der Waals surface area contributed by atoms with Gasteiger partial charge in [0.05, 0.1) is 26.5 Å². The molecule has 8 heteroatoms. The number of ether oxygens (including phenoxy) is 2. The maximum Gasteiger partial charge on any atom is 0.342 e. The summed E-state index contributed by atoms with van der Waals surface area (Å²) in [5, 5.41) is 10.6. The number of hydrogen-bond acceptors (Lipinski definition) is 7. The molecule has 1 aliphatic rings. The third-order valence-corrected chi connectivity index (χ3v) is 6.81. The van der Waals surface area contributed by atoms with Crippen LogP contribution in [-0.2, 0) is 31.4 Å². The van der Waals surface area contributed by atoms with Gasteiger partial charge in [0, 0.05) is 11.1 Å². The third kappa shape index (κ3) is 4.77. The predicted octanol–water partition coefficient (Wildman–Crippen LogP) is 4.52. The number of benzene rings is 1. The number of phenolic OH excluding ortho intramolecular Hbond substituents is 1. The monoisotopic (exact) mass is 412 g/mol. The van der Waals surface area contributed by atoms with E-state index in [9.17, 15) is 14.5 Å². The highest BCUT2D eigenvalue weighted by Gasteiger charge is 2.32. The number of carbonyl (C=O) groups is 1. The van der Waals surface area contributed by atoms with E-state index in [0.717, 1.165) is 11.1 Å². The van der Waals surface area contributed by atoms with E-state index in [0.29, 0.717) is 42.9 Å². The average molecular weight is 412 g/mol. The number of aromatic hydroxyl groups is 1. The number of esters is 1. The fraction of sp³-hybridized carbons (Fsp3) is 0.550. The van der Waals surface area contributed by atoms with Crippen LogP contribution in [0.5, 0.6) is 11.5 Å². The summed E-state index contributed by atoms with van der Waals surface area (Å²) >= 11 is 0. The van der Waals surface area contributed by atoms with Gasteiger partial charge in [-0.1, -0.05) is 11.6 Å². The fourth-order valence-corrected chi connectivity index (χ4v) is 5.03. The molecule has 1 aliphatic heterocycles. The number of hydrogen-bond donors (Lipinski definition) is 1. The standard InChI is InChI=1S/C20H29O7P/c1-6-26-28(23,27-7-2)11-10-13(3)8-9-15-18(21)17-16(12-25-20(17)22)14(4)19(15)24-5/h8,21H,6-7,9-12H2,1-5H3. The Hall–Kier alpha value is -1.82. The summed E-state index contributed by atoms with van der Waals surface area (Å²) in [4.78, 5) is 12.0. The average Bonchev–Trinajstić information content (AvgIpc) is 3.04. The molecule has 2 rings (SSSR count). The zero-order valence-electron chi connectivity index (χ0n) is 17.2. The Morgan fingerprint density at radius 1 is 1.29 bits per heavy atom. The van der Waals surface area contributed by atoms with Crippen LogP contribution in [0.2, 0.25) is 0 Å². The molecule has 0 spiro atoms. The Balaban J connectivity index is 2.21. The van der Waals surface area contributed by atoms with Crippen LogP contribution >= 0.6 is 7.60 Å². The Morgan fingerprint density at radius 3 is 2.50 bits per heavy atom. The number of carbonyl (C=O) groups excluding carboxylic acids is 1. The van der Waals surface area contributed by atoms with Crippen molar-refractivity contribution in [1.29, 1.82) is 0 Å². The van der Waals surface area contributed by atoms with Gasteiger partial charge < -0.3 is 23.6 Å². The molecule has 28 heavy (non-hydrogen) atoms. The maximum atomic E-state index is 12.6. The summed E-state index contributed by atoms with van der Waals surface area (Å²) in [6.45, 7) is 8.13. The lowest BCUT2D eigenvalue weighted by molar-refractivity contribution is 0.0533. The van der Waals surface area contributed by atoms with Gasteiger partial charge in [-0.15, -0.1) is 0 Å². The molecular weight excluding hydrogens is 383 g/mol. The molecule has 1 aromatic carbocycles. The molecule has 0 aromatic heterocycles. The van der Waals surface area contributed by atoms with Crippen molar-refractivity contribution < 1.29 is 33.0 Å². The fourth-order valence-electron chi connectivity index (χ4n) is 3.28. The molecule has 1 heterocycles. The van der Waals surface area contributed by atoms with Gasteiger partial charge in [-0.25, -0.2) is 4.79 Å². The minimum Gasteiger partial charge on any atom is -0.507 e. The van der Waals surface area contributed by atoms with Crippen molar-refractivity contribution in [2.24, 2.45) is 0 Å². The number of fused-ring (bicyclic) bond motifs is 1. The van der Waals surface area contributed by atoms with Crippen LogP contribution in [0.15, 0.2) is 11.6 Å². The maximum absolute atomic E-state index is 12.6. The molecule has 0 radical (unpaired) electrons. The highest BCUT2D eigenvalue weighted by atomic mass is 31.2. The molecular formula is C20H29O7P. The number of allylic oxidation sites excluding steroid dienone is 2. The third-order valence-electron chi connectivity index (χ3n) is 4.73. The quantitative estimate of drug-likeness (QED) is 0.343. The van der Waals surface area contributed by atoms with Crippen molar-refractivity contribution in [3.8, 4) is 11.5 Å². The van der Waals surface area contributed by atoms with Gasteiger partial charge >= 0.3 is 13.6 Å². The molecule has 156 valence electrons. The van der Waals surface area contributed by atoms with E-state index in [-0.39, 0.29) is 24.1 Å². The number of cyclic esters (lactones) is 1. The normalized spacial score (nSPS) is 14.2. The second-order valence-electron chi connectivity index (χ2n) is 6.59. The van der Waals surface area contributed by atoms with Crippen molar-refractivity contribution in [1.82, 2.24) is 0 Å². The molecule has 0 amide bonds. The van der Waals surface area contributed by atoms with E-state index in [4.69, 9.17) is 18.5 Å². The van der Waals surface area contributed by atoms with Crippen LogP contribution in [0, 0.1) is 6.92 Å². The van der Waals surface area contributed by atoms with Crippen molar-refractivity contribution >= 4 is 13.6 Å². The Labute approximate surface area is 166 Å². The van der Waals surface area contributed by atoms with Crippen molar-refractivity contribution in [2.45, 2.75) is 47.1 Å². The first-order valence-corrected chi connectivity index (χ1v) is 11.1. The van der Waals surface area contributed by atoms with Crippen LogP contribution in [0.3, 0.4) is 0 Å². The van der Waals surface area contributed by atoms with Crippen molar-refractivity contribution in [3.63, 3.8) is 0 Å². The van der Waals surface area contributed by atoms with Gasteiger partial charge in [0.2, 0.25) is 0 Å². The minimum atomic E-state index is -3.10. The molecule has 1 N–H and O–H groups in total. The summed E-state index contributed by atoms with van der Waals surface area (Å²) in [5.74, 6) is -0.0687. The largest absolute Gasteiger partial charge is 0.507 e. The smallest absolute Gasteiger partial charge is 0.342 e. The molecule has 0 unspecified atom stereocenters. The molecule has 0 atom stereocenters. The van der Waals surface area contributed by atoms with E-state index in [1.165, 1.54) is 7.11 Å². The van der Waals surface area contributed by atoms with Crippen molar-refractivity contribution in [3.05, 3.63) is 33.9 Å².